The first-order valence-corrected chi connectivity index (χ1v) is 13.0. The molecular formula is C24H22Br2N2O4S. The summed E-state index contributed by atoms with van der Waals surface area (Å²) in [4.78, 5) is 11.8. The molecule has 0 radical (unpaired) electrons. The molecule has 0 N–H and O–H groups in total. The Morgan fingerprint density at radius 3 is 2.33 bits per heavy atom. The highest BCUT2D eigenvalue weighted by Gasteiger charge is 2.23. The molecule has 0 heterocycles. The fourth-order valence-corrected chi connectivity index (χ4v) is 5.06. The van der Waals surface area contributed by atoms with Crippen molar-refractivity contribution in [3.63, 3.8) is 0 Å². The Hall–Kier alpha value is -2.49. The van der Waals surface area contributed by atoms with Crippen LogP contribution >= 0.6 is 31.9 Å². The number of carbonyl (C=O) groups excluding carboxylic acids is 1. The monoisotopic (exact) mass is 592 g/mol. The molecular weight excluding hydrogens is 572 g/mol. The normalized spacial score (nSPS) is 11.5. The lowest BCUT2D eigenvalue weighted by Gasteiger charge is -2.20. The maximum Gasteiger partial charge on any atom is 0.337 e. The fourth-order valence-electron chi connectivity index (χ4n) is 2.98. The molecule has 0 aliphatic rings. The number of hydrogen-bond donors (Lipinski definition) is 0. The van der Waals surface area contributed by atoms with E-state index >= 15 is 0 Å². The Morgan fingerprint density at radius 2 is 1.70 bits per heavy atom. The standard InChI is InChI=1S/C24H22Br2N2O4S/c1-17-3-10-22(11-4-17)33(30,31)28(14-13-20-15-21(25)9-12-23(20)26)27-16-18-5-7-19(8-6-18)24(29)32-2/h3-12,15-16H,13-14H2,1-2H3. The van der Waals surface area contributed by atoms with E-state index < -0.39 is 16.0 Å². The van der Waals surface area contributed by atoms with Gasteiger partial charge in [0.25, 0.3) is 10.0 Å². The molecule has 3 rings (SSSR count). The van der Waals surface area contributed by atoms with E-state index in [1.54, 1.807) is 48.5 Å². The molecule has 6 nitrogen and oxygen atoms in total. The Kier molecular flexibility index (Phi) is 8.45. The molecule has 9 heteroatoms. The molecule has 33 heavy (non-hydrogen) atoms. The third-order valence-electron chi connectivity index (χ3n) is 4.84. The zero-order valence-electron chi connectivity index (χ0n) is 18.0. The van der Waals surface area contributed by atoms with Crippen molar-refractivity contribution in [2.45, 2.75) is 18.2 Å². The molecule has 3 aromatic rings. The second kappa shape index (κ2) is 11.1. The Balaban J connectivity index is 1.90. The highest BCUT2D eigenvalue weighted by molar-refractivity contribution is 9.11. The fraction of sp³-hybridized carbons (Fsp3) is 0.167. The summed E-state index contributed by atoms with van der Waals surface area (Å²) >= 11 is 6.97. The van der Waals surface area contributed by atoms with Gasteiger partial charge in [0.15, 0.2) is 0 Å². The van der Waals surface area contributed by atoms with E-state index in [2.05, 4.69) is 37.0 Å². The summed E-state index contributed by atoms with van der Waals surface area (Å²) in [5.74, 6) is -0.443. The van der Waals surface area contributed by atoms with E-state index in [0.717, 1.165) is 24.5 Å². The van der Waals surface area contributed by atoms with E-state index in [0.29, 0.717) is 17.5 Å². The van der Waals surface area contributed by atoms with E-state index in [-0.39, 0.29) is 11.4 Å². The molecule has 0 saturated heterocycles. The van der Waals surface area contributed by atoms with Gasteiger partial charge in [-0.15, -0.1) is 0 Å². The SMILES string of the molecule is COC(=O)c1ccc(C=NN(CCc2cc(Br)ccc2Br)S(=O)(=O)c2ccc(C)cc2)cc1. The molecule has 3 aromatic carbocycles. The largest absolute Gasteiger partial charge is 0.465 e. The minimum atomic E-state index is -3.87. The number of carbonyl (C=O) groups is 1. The molecule has 0 bridgehead atoms. The second-order valence-corrected chi connectivity index (χ2v) is 10.8. The van der Waals surface area contributed by atoms with Gasteiger partial charge in [0.1, 0.15) is 0 Å². The van der Waals surface area contributed by atoms with Crippen LogP contribution in [0.2, 0.25) is 0 Å². The zero-order valence-corrected chi connectivity index (χ0v) is 22.0. The lowest BCUT2D eigenvalue weighted by atomic mass is 10.1. The van der Waals surface area contributed by atoms with E-state index in [9.17, 15) is 13.2 Å². The number of esters is 1. The third kappa shape index (κ3) is 6.52. The quantitative estimate of drug-likeness (QED) is 0.194. The van der Waals surface area contributed by atoms with Gasteiger partial charge in [0.2, 0.25) is 0 Å². The van der Waals surface area contributed by atoms with Crippen LogP contribution in [0.3, 0.4) is 0 Å². The van der Waals surface area contributed by atoms with Gasteiger partial charge in [-0.3, -0.25) is 0 Å². The first-order valence-electron chi connectivity index (χ1n) is 9.96. The molecule has 0 aliphatic carbocycles. The Morgan fingerprint density at radius 1 is 1.03 bits per heavy atom. The summed E-state index contributed by atoms with van der Waals surface area (Å²) in [5.41, 5.74) is 2.97. The van der Waals surface area contributed by atoms with Gasteiger partial charge in [-0.1, -0.05) is 61.7 Å². The van der Waals surface area contributed by atoms with Crippen LogP contribution in [0.1, 0.15) is 27.0 Å². The highest BCUT2D eigenvalue weighted by Crippen LogP contribution is 2.24. The van der Waals surface area contributed by atoms with E-state index in [1.807, 2.05) is 25.1 Å². The van der Waals surface area contributed by atoms with Crippen LogP contribution in [-0.2, 0) is 21.2 Å². The molecule has 0 unspecified atom stereocenters. The number of sulfonamides is 1. The maximum absolute atomic E-state index is 13.4. The zero-order chi connectivity index (χ0) is 24.0. The van der Waals surface area contributed by atoms with Gasteiger partial charge >= 0.3 is 5.97 Å². The van der Waals surface area contributed by atoms with Gasteiger partial charge in [-0.25, -0.2) is 4.79 Å². The minimum Gasteiger partial charge on any atom is -0.465 e. The summed E-state index contributed by atoms with van der Waals surface area (Å²) in [7, 11) is -2.56. The number of methoxy groups -OCH3 is 1. The van der Waals surface area contributed by atoms with Gasteiger partial charge in [0.05, 0.1) is 30.3 Å². The Bertz CT molecular complexity index is 1260. The van der Waals surface area contributed by atoms with Gasteiger partial charge in [-0.2, -0.15) is 17.9 Å². The Labute approximate surface area is 210 Å². The number of hydrazone groups is 1. The lowest BCUT2D eigenvalue weighted by molar-refractivity contribution is 0.0600. The molecule has 0 aromatic heterocycles. The van der Waals surface area contributed by atoms with E-state index in [1.165, 1.54) is 13.3 Å². The van der Waals surface area contributed by atoms with Crippen LogP contribution in [0, 0.1) is 6.92 Å². The van der Waals surface area contributed by atoms with Crippen LogP contribution < -0.4 is 0 Å². The van der Waals surface area contributed by atoms with Gasteiger partial charge < -0.3 is 4.74 Å². The van der Waals surface area contributed by atoms with Crippen molar-refractivity contribution in [1.29, 1.82) is 0 Å². The minimum absolute atomic E-state index is 0.141. The lowest BCUT2D eigenvalue weighted by Crippen LogP contribution is -2.28. The molecule has 0 spiro atoms. The number of aryl methyl sites for hydroxylation is 1. The average Bonchev–Trinajstić information content (AvgIpc) is 2.81. The number of rotatable bonds is 8. The van der Waals surface area contributed by atoms with Crippen LogP contribution in [0.5, 0.6) is 0 Å². The van der Waals surface area contributed by atoms with Crippen molar-refractivity contribution in [2.24, 2.45) is 5.10 Å². The number of ether oxygens (including phenoxy) is 1. The first kappa shape index (κ1) is 25.1. The molecule has 0 amide bonds. The van der Waals surface area contributed by atoms with Crippen LogP contribution in [-0.4, -0.2) is 38.7 Å². The summed E-state index contributed by atoms with van der Waals surface area (Å²) in [6.45, 7) is 2.04. The number of benzene rings is 3. The molecule has 0 fully saturated rings. The third-order valence-corrected chi connectivity index (χ3v) is 7.81. The summed E-state index contributed by atoms with van der Waals surface area (Å²) in [5, 5.41) is 4.30. The number of nitrogens with zero attached hydrogens (tertiary/aromatic N) is 2. The number of hydrogen-bond acceptors (Lipinski definition) is 5. The second-order valence-electron chi connectivity index (χ2n) is 7.21. The van der Waals surface area contributed by atoms with Gasteiger partial charge in [0, 0.05) is 8.95 Å². The maximum atomic E-state index is 13.4. The van der Waals surface area contributed by atoms with E-state index in [4.69, 9.17) is 4.74 Å². The van der Waals surface area contributed by atoms with Gasteiger partial charge in [-0.05, 0) is 66.9 Å². The van der Waals surface area contributed by atoms with Crippen molar-refractivity contribution in [3.05, 3.63) is 97.9 Å². The predicted molar refractivity (Wildman–Crippen MR) is 136 cm³/mol. The number of halogens is 2. The topological polar surface area (TPSA) is 76.0 Å². The predicted octanol–water partition coefficient (Wildman–Crippen LogP) is 5.57. The van der Waals surface area contributed by atoms with Crippen LogP contribution in [0.15, 0.2) is 85.7 Å². The van der Waals surface area contributed by atoms with Crippen molar-refractivity contribution in [1.82, 2.24) is 4.41 Å². The average molecular weight is 594 g/mol. The van der Waals surface area contributed by atoms with Crippen LogP contribution in [0.4, 0.5) is 0 Å². The highest BCUT2D eigenvalue weighted by atomic mass is 79.9. The van der Waals surface area contributed by atoms with Crippen molar-refractivity contribution < 1.29 is 17.9 Å². The molecule has 0 saturated carbocycles. The first-order chi connectivity index (χ1) is 15.7. The smallest absolute Gasteiger partial charge is 0.337 e. The summed E-state index contributed by atoms with van der Waals surface area (Å²) in [6, 6.07) is 19.0. The molecule has 172 valence electrons. The van der Waals surface area contributed by atoms with Crippen molar-refractivity contribution in [3.8, 4) is 0 Å². The summed E-state index contributed by atoms with van der Waals surface area (Å²) < 4.78 is 34.3. The van der Waals surface area contributed by atoms with Crippen molar-refractivity contribution >= 4 is 54.1 Å². The molecule has 0 aliphatic heterocycles. The van der Waals surface area contributed by atoms with Crippen molar-refractivity contribution in [2.75, 3.05) is 13.7 Å². The van der Waals surface area contributed by atoms with Crippen LogP contribution in [0.25, 0.3) is 0 Å². The summed E-state index contributed by atoms with van der Waals surface area (Å²) in [6.07, 6.45) is 1.91. The molecule has 0 atom stereocenters.